The highest BCUT2D eigenvalue weighted by atomic mass is 32.2. The first kappa shape index (κ1) is 15.1. The Morgan fingerprint density at radius 1 is 1.40 bits per heavy atom. The van der Waals surface area contributed by atoms with E-state index in [0.29, 0.717) is 17.8 Å². The van der Waals surface area contributed by atoms with Gasteiger partial charge in [0.2, 0.25) is 0 Å². The zero-order valence-corrected chi connectivity index (χ0v) is 13.1. The number of rotatable bonds is 3. The lowest BCUT2D eigenvalue weighted by Gasteiger charge is -2.24. The average molecular weight is 314 g/mol. The fourth-order valence-electron chi connectivity index (χ4n) is 2.34. The molecule has 1 atom stereocenters. The second-order valence-corrected chi connectivity index (χ2v) is 7.76. The van der Waals surface area contributed by atoms with Gasteiger partial charge in [0.1, 0.15) is 4.99 Å². The normalized spacial score (nSPS) is 21.4. The third kappa shape index (κ3) is 3.24. The Morgan fingerprint density at radius 2 is 2.10 bits per heavy atom. The lowest BCUT2D eigenvalue weighted by Crippen LogP contribution is -2.36. The van der Waals surface area contributed by atoms with Gasteiger partial charge >= 0.3 is 0 Å². The van der Waals surface area contributed by atoms with E-state index < -0.39 is 9.84 Å². The van der Waals surface area contributed by atoms with E-state index in [2.05, 4.69) is 15.5 Å². The van der Waals surface area contributed by atoms with Crippen LogP contribution in [0.25, 0.3) is 0 Å². The third-order valence-electron chi connectivity index (χ3n) is 3.50. The molecule has 1 saturated heterocycles. The molecule has 0 radical (unpaired) electrons. The van der Waals surface area contributed by atoms with Crippen LogP contribution in [0.4, 0.5) is 5.82 Å². The van der Waals surface area contributed by atoms with E-state index in [1.165, 1.54) is 0 Å². The van der Waals surface area contributed by atoms with Crippen LogP contribution < -0.4 is 11.1 Å². The van der Waals surface area contributed by atoms with E-state index in [-0.39, 0.29) is 22.5 Å². The second kappa shape index (κ2) is 5.61. The van der Waals surface area contributed by atoms with E-state index >= 15 is 0 Å². The molecule has 0 aromatic carbocycles. The van der Waals surface area contributed by atoms with Crippen molar-refractivity contribution in [1.82, 2.24) is 10.2 Å². The van der Waals surface area contributed by atoms with Crippen molar-refractivity contribution in [2.75, 3.05) is 16.8 Å². The molecule has 2 heterocycles. The molecule has 0 bridgehead atoms. The van der Waals surface area contributed by atoms with Gasteiger partial charge in [-0.2, -0.15) is 5.10 Å². The third-order valence-corrected chi connectivity index (χ3v) is 5.53. The Hall–Kier alpha value is -1.28. The molecule has 0 spiro atoms. The number of thiocarbonyl (C=S) groups is 1. The monoisotopic (exact) mass is 314 g/mol. The van der Waals surface area contributed by atoms with Gasteiger partial charge in [0.05, 0.1) is 22.8 Å². The summed E-state index contributed by atoms with van der Waals surface area (Å²) < 4.78 is 23.3. The van der Waals surface area contributed by atoms with E-state index in [0.717, 1.165) is 17.7 Å². The zero-order chi connectivity index (χ0) is 14.9. The van der Waals surface area contributed by atoms with Gasteiger partial charge < -0.3 is 11.1 Å². The summed E-state index contributed by atoms with van der Waals surface area (Å²) in [6, 6.07) is -0.168. The number of aromatic nitrogens is 2. The van der Waals surface area contributed by atoms with Crippen LogP contribution in [0.2, 0.25) is 0 Å². The highest BCUT2D eigenvalue weighted by Gasteiger charge is 2.26. The minimum Gasteiger partial charge on any atom is -0.389 e. The van der Waals surface area contributed by atoms with E-state index in [4.69, 9.17) is 18.0 Å². The van der Waals surface area contributed by atoms with Crippen LogP contribution in [-0.4, -0.2) is 41.2 Å². The predicted octanol–water partition coefficient (Wildman–Crippen LogP) is 0.717. The Bertz CT molecular complexity index is 643. The molecule has 0 saturated carbocycles. The summed E-state index contributed by atoms with van der Waals surface area (Å²) in [5, 5.41) is 11.3. The van der Waals surface area contributed by atoms with Gasteiger partial charge in [-0.15, -0.1) is 5.10 Å². The molecule has 0 amide bonds. The first-order valence-corrected chi connectivity index (χ1v) is 8.64. The van der Waals surface area contributed by atoms with Gasteiger partial charge in [0.25, 0.3) is 0 Å². The maximum absolute atomic E-state index is 11.7. The summed E-state index contributed by atoms with van der Waals surface area (Å²) in [7, 11) is -2.98. The summed E-state index contributed by atoms with van der Waals surface area (Å²) >= 11 is 5.06. The number of nitrogens with one attached hydrogen (secondary N) is 1. The van der Waals surface area contributed by atoms with E-state index in [1.807, 2.05) is 13.8 Å². The van der Waals surface area contributed by atoms with Crippen molar-refractivity contribution in [3.8, 4) is 0 Å². The fourth-order valence-corrected chi connectivity index (χ4v) is 4.23. The Morgan fingerprint density at radius 3 is 2.70 bits per heavy atom. The van der Waals surface area contributed by atoms with Crippen molar-refractivity contribution in [1.29, 1.82) is 0 Å². The Balaban J connectivity index is 2.30. The molecule has 1 aromatic rings. The zero-order valence-electron chi connectivity index (χ0n) is 11.5. The summed E-state index contributed by atoms with van der Waals surface area (Å²) in [6.07, 6.45) is 1.44. The standard InChI is InChI=1S/C12H18N4O2S2/c1-7-8(2)15-16-12(10(7)11(13)19)14-9-4-3-5-20(17,18)6-9/h9H,3-6H2,1-2H3,(H2,13,19)(H,14,16). The molecule has 1 aromatic heterocycles. The maximum Gasteiger partial charge on any atom is 0.159 e. The van der Waals surface area contributed by atoms with Crippen molar-refractivity contribution in [3.05, 3.63) is 16.8 Å². The number of sulfone groups is 1. The van der Waals surface area contributed by atoms with Crippen molar-refractivity contribution in [3.63, 3.8) is 0 Å². The van der Waals surface area contributed by atoms with E-state index in [1.54, 1.807) is 0 Å². The second-order valence-electron chi connectivity index (χ2n) is 5.10. The average Bonchev–Trinajstić information content (AvgIpc) is 2.32. The van der Waals surface area contributed by atoms with Gasteiger partial charge in [-0.3, -0.25) is 0 Å². The molecule has 20 heavy (non-hydrogen) atoms. The largest absolute Gasteiger partial charge is 0.389 e. The molecule has 1 fully saturated rings. The molecule has 3 N–H and O–H groups in total. The van der Waals surface area contributed by atoms with Crippen LogP contribution in [0.1, 0.15) is 29.7 Å². The summed E-state index contributed by atoms with van der Waals surface area (Å²) in [5.74, 6) is 0.840. The minimum absolute atomic E-state index is 0.110. The fraction of sp³-hybridized carbons (Fsp3) is 0.583. The van der Waals surface area contributed by atoms with Gasteiger partial charge in [0.15, 0.2) is 15.7 Å². The van der Waals surface area contributed by atoms with Crippen molar-refractivity contribution >= 4 is 32.9 Å². The van der Waals surface area contributed by atoms with Crippen molar-refractivity contribution in [2.45, 2.75) is 32.7 Å². The molecule has 0 aliphatic carbocycles. The van der Waals surface area contributed by atoms with Gasteiger partial charge in [0, 0.05) is 6.04 Å². The van der Waals surface area contributed by atoms with Crippen LogP contribution in [-0.2, 0) is 9.84 Å². The number of hydrogen-bond acceptors (Lipinski definition) is 6. The summed E-state index contributed by atoms with van der Waals surface area (Å²) in [6.45, 7) is 3.71. The highest BCUT2D eigenvalue weighted by molar-refractivity contribution is 7.91. The SMILES string of the molecule is Cc1nnc(NC2CCCS(=O)(=O)C2)c(C(N)=S)c1C. The Labute approximate surface area is 124 Å². The lowest BCUT2D eigenvalue weighted by atomic mass is 10.1. The molecule has 8 heteroatoms. The van der Waals surface area contributed by atoms with Crippen LogP contribution in [0, 0.1) is 13.8 Å². The topological polar surface area (TPSA) is 98.0 Å². The van der Waals surface area contributed by atoms with Gasteiger partial charge in [-0.25, -0.2) is 8.42 Å². The maximum atomic E-state index is 11.7. The molecule has 2 rings (SSSR count). The molecule has 6 nitrogen and oxygen atoms in total. The highest BCUT2D eigenvalue weighted by Crippen LogP contribution is 2.22. The van der Waals surface area contributed by atoms with Crippen LogP contribution in [0.3, 0.4) is 0 Å². The molecule has 110 valence electrons. The number of nitrogens with zero attached hydrogens (tertiary/aromatic N) is 2. The van der Waals surface area contributed by atoms with Gasteiger partial charge in [-0.1, -0.05) is 12.2 Å². The van der Waals surface area contributed by atoms with Crippen molar-refractivity contribution in [2.24, 2.45) is 5.73 Å². The lowest BCUT2D eigenvalue weighted by molar-refractivity contribution is 0.561. The number of aryl methyl sites for hydroxylation is 1. The summed E-state index contributed by atoms with van der Waals surface area (Å²) in [5.41, 5.74) is 8.02. The van der Waals surface area contributed by atoms with Crippen LogP contribution in [0.15, 0.2) is 0 Å². The molecular weight excluding hydrogens is 296 g/mol. The smallest absolute Gasteiger partial charge is 0.159 e. The summed E-state index contributed by atoms with van der Waals surface area (Å²) in [4.78, 5) is 0.238. The first-order valence-electron chi connectivity index (χ1n) is 6.41. The number of anilines is 1. The molecule has 1 aliphatic heterocycles. The van der Waals surface area contributed by atoms with E-state index in [9.17, 15) is 8.42 Å². The quantitative estimate of drug-likeness (QED) is 0.793. The number of nitrogens with two attached hydrogens (primary N) is 1. The van der Waals surface area contributed by atoms with Gasteiger partial charge in [-0.05, 0) is 32.3 Å². The number of hydrogen-bond donors (Lipinski definition) is 2. The van der Waals surface area contributed by atoms with Crippen LogP contribution >= 0.6 is 12.2 Å². The molecule has 1 aliphatic rings. The van der Waals surface area contributed by atoms with Crippen LogP contribution in [0.5, 0.6) is 0 Å². The first-order chi connectivity index (χ1) is 9.30. The predicted molar refractivity (Wildman–Crippen MR) is 82.7 cm³/mol. The molecule has 1 unspecified atom stereocenters. The Kier molecular flexibility index (Phi) is 4.24. The molecular formula is C12H18N4O2S2. The minimum atomic E-state index is -2.98. The van der Waals surface area contributed by atoms with Crippen molar-refractivity contribution < 1.29 is 8.42 Å².